The normalized spacial score (nSPS) is 12.4. The Morgan fingerprint density at radius 2 is 1.91 bits per heavy atom. The predicted molar refractivity (Wildman–Crippen MR) is 93.5 cm³/mol. The van der Waals surface area contributed by atoms with E-state index in [0.29, 0.717) is 0 Å². The first kappa shape index (κ1) is 17.5. The van der Waals surface area contributed by atoms with Crippen LogP contribution in [-0.2, 0) is 17.8 Å². The molecule has 6 heteroatoms. The first-order valence-electron chi connectivity index (χ1n) is 7.94. The van der Waals surface area contributed by atoms with Crippen molar-refractivity contribution in [2.45, 2.75) is 57.1 Å². The Morgan fingerprint density at radius 3 is 2.52 bits per heavy atom. The lowest BCUT2D eigenvalue weighted by Crippen LogP contribution is -2.36. The molecule has 124 valence electrons. The van der Waals surface area contributed by atoms with Gasteiger partial charge in [-0.3, -0.25) is 4.79 Å². The number of carbonyl (C=O) groups excluding carboxylic acids is 1. The SMILES string of the molecule is CCn1c(Cc2ccccc2)nnc1S[C@@H](C)C(=O)NC(C)C. The van der Waals surface area contributed by atoms with Crippen LogP contribution >= 0.6 is 11.8 Å². The van der Waals surface area contributed by atoms with Gasteiger partial charge < -0.3 is 9.88 Å². The van der Waals surface area contributed by atoms with Crippen molar-refractivity contribution in [1.82, 2.24) is 20.1 Å². The van der Waals surface area contributed by atoms with E-state index in [9.17, 15) is 4.79 Å². The number of thioether (sulfide) groups is 1. The lowest BCUT2D eigenvalue weighted by atomic mass is 10.1. The van der Waals surface area contributed by atoms with Crippen LogP contribution in [0.5, 0.6) is 0 Å². The van der Waals surface area contributed by atoms with Crippen LogP contribution in [0.1, 0.15) is 39.1 Å². The van der Waals surface area contributed by atoms with Crippen molar-refractivity contribution in [3.63, 3.8) is 0 Å². The monoisotopic (exact) mass is 332 g/mol. The topological polar surface area (TPSA) is 59.8 Å². The minimum Gasteiger partial charge on any atom is -0.353 e. The molecule has 2 rings (SSSR count). The number of nitrogens with one attached hydrogen (secondary N) is 1. The summed E-state index contributed by atoms with van der Waals surface area (Å²) in [5.74, 6) is 0.956. The van der Waals surface area contributed by atoms with Crippen LogP contribution in [0.25, 0.3) is 0 Å². The Morgan fingerprint density at radius 1 is 1.22 bits per heavy atom. The molecule has 0 unspecified atom stereocenters. The molecule has 0 aliphatic rings. The van der Waals surface area contributed by atoms with Gasteiger partial charge >= 0.3 is 0 Å². The number of carbonyl (C=O) groups is 1. The second-order valence-corrected chi connectivity index (χ2v) is 7.04. The van der Waals surface area contributed by atoms with Gasteiger partial charge in [-0.15, -0.1) is 10.2 Å². The molecule has 5 nitrogen and oxygen atoms in total. The average molecular weight is 332 g/mol. The summed E-state index contributed by atoms with van der Waals surface area (Å²) >= 11 is 1.45. The van der Waals surface area contributed by atoms with Crippen LogP contribution in [0.3, 0.4) is 0 Å². The molecule has 1 atom stereocenters. The van der Waals surface area contributed by atoms with E-state index in [2.05, 4.69) is 39.1 Å². The standard InChI is InChI=1S/C17H24N4OS/c1-5-21-15(11-14-9-7-6-8-10-14)19-20-17(21)23-13(4)16(22)18-12(2)3/h6-10,12-13H,5,11H2,1-4H3,(H,18,22)/t13-/m0/s1. The highest BCUT2D eigenvalue weighted by Gasteiger charge is 2.20. The highest BCUT2D eigenvalue weighted by molar-refractivity contribution is 8.00. The van der Waals surface area contributed by atoms with E-state index in [4.69, 9.17) is 0 Å². The van der Waals surface area contributed by atoms with Gasteiger partial charge in [-0.1, -0.05) is 42.1 Å². The number of amides is 1. The summed E-state index contributed by atoms with van der Waals surface area (Å²) in [5, 5.41) is 12.1. The van der Waals surface area contributed by atoms with Crippen LogP contribution < -0.4 is 5.32 Å². The smallest absolute Gasteiger partial charge is 0.233 e. The maximum atomic E-state index is 12.1. The zero-order chi connectivity index (χ0) is 16.8. The van der Waals surface area contributed by atoms with Crippen molar-refractivity contribution in [3.05, 3.63) is 41.7 Å². The van der Waals surface area contributed by atoms with Gasteiger partial charge in [0, 0.05) is 19.0 Å². The molecule has 0 aliphatic carbocycles. The molecule has 0 aliphatic heterocycles. The van der Waals surface area contributed by atoms with Crippen LogP contribution in [0.15, 0.2) is 35.5 Å². The third-order valence-electron chi connectivity index (χ3n) is 3.40. The number of rotatable bonds is 7. The average Bonchev–Trinajstić information content (AvgIpc) is 2.89. The first-order valence-corrected chi connectivity index (χ1v) is 8.82. The first-order chi connectivity index (χ1) is 11.0. The third-order valence-corrected chi connectivity index (χ3v) is 4.48. The van der Waals surface area contributed by atoms with E-state index in [0.717, 1.165) is 23.9 Å². The molecule has 1 N–H and O–H groups in total. The van der Waals surface area contributed by atoms with E-state index in [1.165, 1.54) is 17.3 Å². The highest BCUT2D eigenvalue weighted by Crippen LogP contribution is 2.23. The zero-order valence-corrected chi connectivity index (χ0v) is 14.9. The van der Waals surface area contributed by atoms with Gasteiger partial charge in [-0.05, 0) is 33.3 Å². The number of hydrogen-bond acceptors (Lipinski definition) is 4. The maximum Gasteiger partial charge on any atom is 0.233 e. The molecule has 1 aromatic heterocycles. The van der Waals surface area contributed by atoms with Crippen molar-refractivity contribution in [2.75, 3.05) is 0 Å². The quantitative estimate of drug-likeness (QED) is 0.792. The number of hydrogen-bond donors (Lipinski definition) is 1. The van der Waals surface area contributed by atoms with Gasteiger partial charge in [0.1, 0.15) is 5.82 Å². The van der Waals surface area contributed by atoms with Crippen molar-refractivity contribution in [3.8, 4) is 0 Å². The fourth-order valence-electron chi connectivity index (χ4n) is 2.25. The molecule has 0 saturated carbocycles. The van der Waals surface area contributed by atoms with Gasteiger partial charge in [-0.2, -0.15) is 0 Å². The summed E-state index contributed by atoms with van der Waals surface area (Å²) < 4.78 is 2.08. The van der Waals surface area contributed by atoms with Gasteiger partial charge in [0.15, 0.2) is 5.16 Å². The zero-order valence-electron chi connectivity index (χ0n) is 14.1. The number of aromatic nitrogens is 3. The van der Waals surface area contributed by atoms with Crippen LogP contribution in [-0.4, -0.2) is 32.0 Å². The Hall–Kier alpha value is -1.82. The third kappa shape index (κ3) is 4.82. The van der Waals surface area contributed by atoms with Crippen molar-refractivity contribution < 1.29 is 4.79 Å². The van der Waals surface area contributed by atoms with E-state index in [-0.39, 0.29) is 17.2 Å². The maximum absolute atomic E-state index is 12.1. The Bertz CT molecular complexity index is 639. The molecule has 0 spiro atoms. The highest BCUT2D eigenvalue weighted by atomic mass is 32.2. The lowest BCUT2D eigenvalue weighted by molar-refractivity contribution is -0.120. The van der Waals surface area contributed by atoms with E-state index in [1.54, 1.807) is 0 Å². The van der Waals surface area contributed by atoms with Crippen LogP contribution in [0.4, 0.5) is 0 Å². The van der Waals surface area contributed by atoms with E-state index >= 15 is 0 Å². The summed E-state index contributed by atoms with van der Waals surface area (Å²) in [6.45, 7) is 8.67. The van der Waals surface area contributed by atoms with Crippen molar-refractivity contribution in [2.24, 2.45) is 0 Å². The lowest BCUT2D eigenvalue weighted by Gasteiger charge is -2.14. The molecule has 2 aromatic rings. The molecule has 0 fully saturated rings. The molecular weight excluding hydrogens is 308 g/mol. The predicted octanol–water partition coefficient (Wildman–Crippen LogP) is 2.89. The summed E-state index contributed by atoms with van der Waals surface area (Å²) in [7, 11) is 0. The Balaban J connectivity index is 2.10. The van der Waals surface area contributed by atoms with Gasteiger partial charge in [0.05, 0.1) is 5.25 Å². The molecular formula is C17H24N4OS. The molecule has 1 aromatic carbocycles. The van der Waals surface area contributed by atoms with Gasteiger partial charge in [0.25, 0.3) is 0 Å². The largest absolute Gasteiger partial charge is 0.353 e. The van der Waals surface area contributed by atoms with E-state index < -0.39 is 0 Å². The molecule has 1 heterocycles. The molecule has 23 heavy (non-hydrogen) atoms. The number of nitrogens with zero attached hydrogens (tertiary/aromatic N) is 3. The van der Waals surface area contributed by atoms with Gasteiger partial charge in [0.2, 0.25) is 5.91 Å². The second kappa shape index (κ2) is 8.15. The molecule has 0 radical (unpaired) electrons. The molecule has 0 bridgehead atoms. The van der Waals surface area contributed by atoms with Crippen molar-refractivity contribution >= 4 is 17.7 Å². The van der Waals surface area contributed by atoms with E-state index in [1.807, 2.05) is 39.0 Å². The Labute approximate surface area is 141 Å². The fraction of sp³-hybridized carbons (Fsp3) is 0.471. The fourth-order valence-corrected chi connectivity index (χ4v) is 3.19. The van der Waals surface area contributed by atoms with Crippen LogP contribution in [0.2, 0.25) is 0 Å². The minimum absolute atomic E-state index is 0.0280. The van der Waals surface area contributed by atoms with Crippen LogP contribution in [0, 0.1) is 0 Å². The molecule has 1 amide bonds. The van der Waals surface area contributed by atoms with Gasteiger partial charge in [-0.25, -0.2) is 0 Å². The number of benzene rings is 1. The second-order valence-electron chi connectivity index (χ2n) is 5.73. The summed E-state index contributed by atoms with van der Waals surface area (Å²) in [4.78, 5) is 12.1. The van der Waals surface area contributed by atoms with Crippen molar-refractivity contribution in [1.29, 1.82) is 0 Å². The molecule has 0 saturated heterocycles. The Kier molecular flexibility index (Phi) is 6.21. The summed E-state index contributed by atoms with van der Waals surface area (Å²) in [6.07, 6.45) is 0.745. The summed E-state index contributed by atoms with van der Waals surface area (Å²) in [6, 6.07) is 10.4. The minimum atomic E-state index is -0.198. The summed E-state index contributed by atoms with van der Waals surface area (Å²) in [5.41, 5.74) is 1.21.